The number of benzene rings is 2. The minimum absolute atomic E-state index is 0.220. The highest BCUT2D eigenvalue weighted by molar-refractivity contribution is 14.1. The van der Waals surface area contributed by atoms with Crippen molar-refractivity contribution in [3.05, 3.63) is 56.7 Å². The molecule has 1 atom stereocenters. The number of ether oxygens (including phenoxy) is 1. The molecule has 3 rings (SSSR count). The largest absolute Gasteiger partial charge is 0.481 e. The molecule has 27 heavy (non-hydrogen) atoms. The van der Waals surface area contributed by atoms with E-state index in [9.17, 15) is 13.2 Å². The van der Waals surface area contributed by atoms with Gasteiger partial charge < -0.3 is 15.4 Å². The fourth-order valence-corrected chi connectivity index (χ4v) is 3.78. The Kier molecular flexibility index (Phi) is 6.52. The molecule has 0 bridgehead atoms. The predicted molar refractivity (Wildman–Crippen MR) is 109 cm³/mol. The fourth-order valence-electron chi connectivity index (χ4n) is 3.08. The first-order valence-corrected chi connectivity index (χ1v) is 9.99. The molecule has 1 heterocycles. The Morgan fingerprint density at radius 2 is 1.81 bits per heavy atom. The van der Waals surface area contributed by atoms with E-state index >= 15 is 0 Å². The highest BCUT2D eigenvalue weighted by Crippen LogP contribution is 2.29. The second-order valence-electron chi connectivity index (χ2n) is 6.61. The molecule has 2 aromatic rings. The van der Waals surface area contributed by atoms with Gasteiger partial charge in [0.15, 0.2) is 6.10 Å². The smallest absolute Gasteiger partial charge is 0.425 e. The van der Waals surface area contributed by atoms with Gasteiger partial charge in [-0.15, -0.1) is 0 Å². The summed E-state index contributed by atoms with van der Waals surface area (Å²) in [4.78, 5) is 0. The van der Waals surface area contributed by atoms with Crippen LogP contribution in [0.1, 0.15) is 23.6 Å². The van der Waals surface area contributed by atoms with Crippen molar-refractivity contribution < 1.29 is 17.9 Å². The average molecular weight is 490 g/mol. The van der Waals surface area contributed by atoms with Gasteiger partial charge in [0.25, 0.3) is 0 Å². The minimum Gasteiger partial charge on any atom is -0.481 e. The molecule has 0 aliphatic carbocycles. The fraction of sp³-hybridized carbons (Fsp3) is 0.400. The maximum atomic E-state index is 12.6. The van der Waals surface area contributed by atoms with Crippen molar-refractivity contribution in [1.29, 1.82) is 0 Å². The molecule has 0 radical (unpaired) electrons. The molecule has 0 aromatic heterocycles. The van der Waals surface area contributed by atoms with Gasteiger partial charge in [-0.2, -0.15) is 13.2 Å². The van der Waals surface area contributed by atoms with Crippen LogP contribution >= 0.6 is 22.6 Å². The Labute approximate surface area is 170 Å². The molecule has 146 valence electrons. The molecule has 2 aromatic carbocycles. The van der Waals surface area contributed by atoms with Crippen LogP contribution in [0.15, 0.2) is 36.4 Å². The van der Waals surface area contributed by atoms with Gasteiger partial charge in [0.05, 0.1) is 5.69 Å². The van der Waals surface area contributed by atoms with Crippen molar-refractivity contribution in [2.45, 2.75) is 38.6 Å². The Morgan fingerprint density at radius 1 is 1.11 bits per heavy atom. The van der Waals surface area contributed by atoms with Gasteiger partial charge >= 0.3 is 6.18 Å². The van der Waals surface area contributed by atoms with Gasteiger partial charge in [-0.3, -0.25) is 0 Å². The summed E-state index contributed by atoms with van der Waals surface area (Å²) in [6.07, 6.45) is -4.19. The zero-order valence-electron chi connectivity index (χ0n) is 15.0. The van der Waals surface area contributed by atoms with Gasteiger partial charge in [0, 0.05) is 10.1 Å². The number of nitrogens with one attached hydrogen (secondary N) is 2. The monoisotopic (exact) mass is 490 g/mol. The molecule has 1 aliphatic rings. The Bertz CT molecular complexity index is 778. The highest BCUT2D eigenvalue weighted by atomic mass is 127. The van der Waals surface area contributed by atoms with Crippen LogP contribution in [0.25, 0.3) is 0 Å². The second kappa shape index (κ2) is 8.68. The van der Waals surface area contributed by atoms with Gasteiger partial charge in [-0.25, -0.2) is 0 Å². The lowest BCUT2D eigenvalue weighted by atomic mass is 10.0. The SMILES string of the molecule is CC(Oc1ccc(CNc2c(I)ccc3c2CCNCC3)cc1)C(F)(F)F. The molecule has 7 heteroatoms. The molecule has 0 saturated carbocycles. The van der Waals surface area contributed by atoms with E-state index in [0.717, 1.165) is 44.1 Å². The number of anilines is 1. The van der Waals surface area contributed by atoms with Gasteiger partial charge in [0.2, 0.25) is 0 Å². The van der Waals surface area contributed by atoms with E-state index in [1.54, 1.807) is 24.3 Å². The summed E-state index contributed by atoms with van der Waals surface area (Å²) in [5.74, 6) is 0.220. The molecule has 0 amide bonds. The maximum absolute atomic E-state index is 12.6. The summed E-state index contributed by atoms with van der Waals surface area (Å²) in [7, 11) is 0. The first-order chi connectivity index (χ1) is 12.8. The summed E-state index contributed by atoms with van der Waals surface area (Å²) in [5, 5.41) is 6.94. The molecule has 1 unspecified atom stereocenters. The van der Waals surface area contributed by atoms with Gasteiger partial charge in [-0.1, -0.05) is 18.2 Å². The van der Waals surface area contributed by atoms with Crippen LogP contribution in [0, 0.1) is 3.57 Å². The predicted octanol–water partition coefficient (Wildman–Crippen LogP) is 4.92. The second-order valence-corrected chi connectivity index (χ2v) is 7.77. The van der Waals surface area contributed by atoms with Gasteiger partial charge in [0.1, 0.15) is 5.75 Å². The average Bonchev–Trinajstić information content (AvgIpc) is 2.87. The van der Waals surface area contributed by atoms with E-state index in [1.807, 2.05) is 0 Å². The van der Waals surface area contributed by atoms with Crippen LogP contribution in [0.2, 0.25) is 0 Å². The number of hydrogen-bond acceptors (Lipinski definition) is 3. The van der Waals surface area contributed by atoms with Crippen LogP contribution in [-0.2, 0) is 19.4 Å². The summed E-state index contributed by atoms with van der Waals surface area (Å²) in [6.45, 7) is 3.57. The lowest BCUT2D eigenvalue weighted by molar-refractivity contribution is -0.189. The van der Waals surface area contributed by atoms with E-state index < -0.39 is 12.3 Å². The Balaban J connectivity index is 1.67. The third-order valence-corrected chi connectivity index (χ3v) is 5.55. The normalized spacial score (nSPS) is 15.6. The zero-order valence-corrected chi connectivity index (χ0v) is 17.2. The molecule has 3 nitrogen and oxygen atoms in total. The molecule has 0 fully saturated rings. The van der Waals surface area contributed by atoms with Crippen LogP contribution in [0.4, 0.5) is 18.9 Å². The van der Waals surface area contributed by atoms with Crippen LogP contribution in [0.5, 0.6) is 5.75 Å². The van der Waals surface area contributed by atoms with E-state index in [2.05, 4.69) is 45.4 Å². The third-order valence-electron chi connectivity index (χ3n) is 4.65. The van der Waals surface area contributed by atoms with E-state index in [1.165, 1.54) is 14.7 Å². The van der Waals surface area contributed by atoms with Gasteiger partial charge in [-0.05, 0) is 90.3 Å². The van der Waals surface area contributed by atoms with Crippen molar-refractivity contribution in [2.24, 2.45) is 0 Å². The summed E-state index contributed by atoms with van der Waals surface area (Å²) < 4.78 is 43.9. The molecule has 0 saturated heterocycles. The summed E-state index contributed by atoms with van der Waals surface area (Å²) in [6, 6.07) is 11.1. The molecular weight excluding hydrogens is 468 g/mol. The van der Waals surface area contributed by atoms with Crippen molar-refractivity contribution in [1.82, 2.24) is 5.32 Å². The summed E-state index contributed by atoms with van der Waals surface area (Å²) >= 11 is 2.34. The van der Waals surface area contributed by atoms with E-state index in [-0.39, 0.29) is 5.75 Å². The number of rotatable bonds is 5. The van der Waals surface area contributed by atoms with E-state index in [0.29, 0.717) is 6.54 Å². The molecule has 1 aliphatic heterocycles. The van der Waals surface area contributed by atoms with Crippen molar-refractivity contribution in [2.75, 3.05) is 18.4 Å². The Hall–Kier alpha value is -1.48. The third kappa shape index (κ3) is 5.28. The number of hydrogen-bond donors (Lipinski definition) is 2. The topological polar surface area (TPSA) is 33.3 Å². The first kappa shape index (κ1) is 20.3. The number of halogens is 4. The van der Waals surface area contributed by atoms with Crippen LogP contribution in [0.3, 0.4) is 0 Å². The van der Waals surface area contributed by atoms with Crippen LogP contribution in [-0.4, -0.2) is 25.4 Å². The zero-order chi connectivity index (χ0) is 19.4. The highest BCUT2D eigenvalue weighted by Gasteiger charge is 2.38. The minimum atomic E-state index is -4.36. The van der Waals surface area contributed by atoms with Crippen molar-refractivity contribution in [3.63, 3.8) is 0 Å². The maximum Gasteiger partial charge on any atom is 0.425 e. The standard InChI is InChI=1S/C20H22F3IN2O/c1-13(20(21,22)23)27-16-5-2-14(3-6-16)12-26-19-17-9-11-25-10-8-15(17)4-7-18(19)24/h2-7,13,25-26H,8-12H2,1H3. The lowest BCUT2D eigenvalue weighted by Gasteiger charge is -2.18. The molecule has 2 N–H and O–H groups in total. The summed E-state index contributed by atoms with van der Waals surface area (Å²) in [5.41, 5.74) is 4.86. The van der Waals surface area contributed by atoms with E-state index in [4.69, 9.17) is 4.74 Å². The first-order valence-electron chi connectivity index (χ1n) is 8.92. The number of alkyl halides is 3. The van der Waals surface area contributed by atoms with Crippen molar-refractivity contribution in [3.8, 4) is 5.75 Å². The lowest BCUT2D eigenvalue weighted by Crippen LogP contribution is -2.31. The Morgan fingerprint density at radius 3 is 2.52 bits per heavy atom. The molecule has 0 spiro atoms. The quantitative estimate of drug-likeness (QED) is 0.584. The van der Waals surface area contributed by atoms with Crippen LogP contribution < -0.4 is 15.4 Å². The van der Waals surface area contributed by atoms with Crippen molar-refractivity contribution >= 4 is 28.3 Å². The number of fused-ring (bicyclic) bond motifs is 1. The molecular formula is C20H22F3IN2O.